The standard InChI is InChI=1S/C16H24N6O3/c1-4-5-21-9-12(8-17-21)18-16(23)22-6-7-24-10-13(22)15-20-19-14(25-15)11(2)3/h8-9,11,13H,4-7,10H2,1-3H3,(H,18,23)/t13-/m0/s1. The van der Waals surface area contributed by atoms with Crippen molar-refractivity contribution in [1.82, 2.24) is 24.9 Å². The van der Waals surface area contributed by atoms with E-state index in [1.54, 1.807) is 15.8 Å². The molecule has 9 heteroatoms. The zero-order valence-corrected chi connectivity index (χ0v) is 14.8. The largest absolute Gasteiger partial charge is 0.423 e. The van der Waals surface area contributed by atoms with E-state index >= 15 is 0 Å². The number of rotatable bonds is 5. The summed E-state index contributed by atoms with van der Waals surface area (Å²) in [5.41, 5.74) is 0.664. The predicted octanol–water partition coefficient (Wildman–Crippen LogP) is 2.40. The Morgan fingerprint density at radius 3 is 3.00 bits per heavy atom. The summed E-state index contributed by atoms with van der Waals surface area (Å²) in [7, 11) is 0. The van der Waals surface area contributed by atoms with Gasteiger partial charge in [0.05, 0.1) is 25.1 Å². The normalized spacial score (nSPS) is 17.9. The number of anilines is 1. The average molecular weight is 348 g/mol. The molecule has 0 aromatic carbocycles. The maximum atomic E-state index is 12.7. The lowest BCUT2D eigenvalue weighted by molar-refractivity contribution is 0.00494. The van der Waals surface area contributed by atoms with Gasteiger partial charge in [-0.3, -0.25) is 4.68 Å². The molecule has 2 aromatic heterocycles. The van der Waals surface area contributed by atoms with Crippen LogP contribution < -0.4 is 5.32 Å². The number of urea groups is 1. The lowest BCUT2D eigenvalue weighted by Gasteiger charge is -2.33. The molecule has 0 saturated carbocycles. The third kappa shape index (κ3) is 3.98. The molecule has 0 spiro atoms. The molecule has 25 heavy (non-hydrogen) atoms. The van der Waals surface area contributed by atoms with Gasteiger partial charge < -0.3 is 19.4 Å². The molecule has 0 bridgehead atoms. The highest BCUT2D eigenvalue weighted by molar-refractivity contribution is 5.89. The Kier molecular flexibility index (Phi) is 5.32. The van der Waals surface area contributed by atoms with E-state index < -0.39 is 0 Å². The van der Waals surface area contributed by atoms with Crippen LogP contribution >= 0.6 is 0 Å². The predicted molar refractivity (Wildman–Crippen MR) is 90.2 cm³/mol. The van der Waals surface area contributed by atoms with E-state index in [-0.39, 0.29) is 18.0 Å². The van der Waals surface area contributed by atoms with Crippen molar-refractivity contribution >= 4 is 11.7 Å². The van der Waals surface area contributed by atoms with Crippen LogP contribution in [0.4, 0.5) is 10.5 Å². The molecule has 1 N–H and O–H groups in total. The van der Waals surface area contributed by atoms with Gasteiger partial charge in [-0.2, -0.15) is 5.10 Å². The van der Waals surface area contributed by atoms with Crippen molar-refractivity contribution in [3.05, 3.63) is 24.2 Å². The number of morpholine rings is 1. The van der Waals surface area contributed by atoms with Gasteiger partial charge in [0.25, 0.3) is 0 Å². The van der Waals surface area contributed by atoms with Gasteiger partial charge in [0.15, 0.2) is 0 Å². The highest BCUT2D eigenvalue weighted by Gasteiger charge is 2.33. The summed E-state index contributed by atoms with van der Waals surface area (Å²) < 4.78 is 13.0. The summed E-state index contributed by atoms with van der Waals surface area (Å²) in [6.45, 7) is 8.12. The molecule has 0 unspecified atom stereocenters. The third-order valence-corrected chi connectivity index (χ3v) is 3.96. The number of ether oxygens (including phenoxy) is 1. The first kappa shape index (κ1) is 17.4. The molecule has 0 aliphatic carbocycles. The van der Waals surface area contributed by atoms with E-state index in [0.717, 1.165) is 13.0 Å². The third-order valence-electron chi connectivity index (χ3n) is 3.96. The van der Waals surface area contributed by atoms with E-state index in [4.69, 9.17) is 9.15 Å². The van der Waals surface area contributed by atoms with Gasteiger partial charge in [0, 0.05) is 25.2 Å². The summed E-state index contributed by atoms with van der Waals surface area (Å²) in [6.07, 6.45) is 4.45. The van der Waals surface area contributed by atoms with Crippen LogP contribution in [0.2, 0.25) is 0 Å². The van der Waals surface area contributed by atoms with Gasteiger partial charge in [0.1, 0.15) is 6.04 Å². The fraction of sp³-hybridized carbons (Fsp3) is 0.625. The van der Waals surface area contributed by atoms with Crippen LogP contribution in [0, 0.1) is 0 Å². The number of carbonyl (C=O) groups is 1. The molecule has 9 nitrogen and oxygen atoms in total. The smallest absolute Gasteiger partial charge is 0.322 e. The van der Waals surface area contributed by atoms with Crippen molar-refractivity contribution in [2.24, 2.45) is 0 Å². The molecular weight excluding hydrogens is 324 g/mol. The fourth-order valence-corrected chi connectivity index (χ4v) is 2.64. The van der Waals surface area contributed by atoms with Gasteiger partial charge in [-0.15, -0.1) is 10.2 Å². The highest BCUT2D eigenvalue weighted by Crippen LogP contribution is 2.25. The van der Waals surface area contributed by atoms with Crippen LogP contribution in [-0.2, 0) is 11.3 Å². The fourth-order valence-electron chi connectivity index (χ4n) is 2.64. The second kappa shape index (κ2) is 7.64. The Labute approximate surface area is 146 Å². The quantitative estimate of drug-likeness (QED) is 0.891. The first-order valence-electron chi connectivity index (χ1n) is 8.59. The van der Waals surface area contributed by atoms with Gasteiger partial charge >= 0.3 is 6.03 Å². The van der Waals surface area contributed by atoms with Crippen LogP contribution in [0.15, 0.2) is 16.8 Å². The van der Waals surface area contributed by atoms with Crippen LogP contribution in [0.1, 0.15) is 50.9 Å². The zero-order chi connectivity index (χ0) is 17.8. The van der Waals surface area contributed by atoms with Gasteiger partial charge in [-0.25, -0.2) is 4.79 Å². The summed E-state index contributed by atoms with van der Waals surface area (Å²) >= 11 is 0. The van der Waals surface area contributed by atoms with E-state index in [1.807, 2.05) is 20.0 Å². The molecule has 1 aliphatic heterocycles. The molecule has 2 amide bonds. The molecule has 2 aromatic rings. The Balaban J connectivity index is 1.71. The zero-order valence-electron chi connectivity index (χ0n) is 14.8. The number of hydrogen-bond acceptors (Lipinski definition) is 6. The molecule has 3 heterocycles. The van der Waals surface area contributed by atoms with E-state index in [1.165, 1.54) is 0 Å². The van der Waals surface area contributed by atoms with Gasteiger partial charge in [-0.1, -0.05) is 20.8 Å². The van der Waals surface area contributed by atoms with Gasteiger partial charge in [-0.05, 0) is 6.42 Å². The van der Waals surface area contributed by atoms with E-state index in [9.17, 15) is 4.79 Å². The van der Waals surface area contributed by atoms with Crippen molar-refractivity contribution in [3.63, 3.8) is 0 Å². The average Bonchev–Trinajstić information content (AvgIpc) is 3.25. The maximum absolute atomic E-state index is 12.7. The number of nitrogens with one attached hydrogen (secondary N) is 1. The molecular formula is C16H24N6O3. The monoisotopic (exact) mass is 348 g/mol. The minimum Gasteiger partial charge on any atom is -0.423 e. The number of amides is 2. The number of hydrogen-bond donors (Lipinski definition) is 1. The Hall–Kier alpha value is -2.42. The van der Waals surface area contributed by atoms with E-state index in [2.05, 4.69) is 27.5 Å². The molecule has 136 valence electrons. The SMILES string of the molecule is CCCn1cc(NC(=O)N2CCOC[C@H]2c2nnc(C(C)C)o2)cn1. The van der Waals surface area contributed by atoms with Crippen LogP contribution in [0.3, 0.4) is 0 Å². The molecule has 1 fully saturated rings. The summed E-state index contributed by atoms with van der Waals surface area (Å²) in [6, 6.07) is -0.618. The lowest BCUT2D eigenvalue weighted by atomic mass is 10.2. The molecule has 1 aliphatic rings. The summed E-state index contributed by atoms with van der Waals surface area (Å²) in [5.74, 6) is 1.10. The second-order valence-electron chi connectivity index (χ2n) is 6.34. The second-order valence-corrected chi connectivity index (χ2v) is 6.34. The number of aromatic nitrogens is 4. The Morgan fingerprint density at radius 1 is 1.44 bits per heavy atom. The molecule has 3 rings (SSSR count). The van der Waals surface area contributed by atoms with Gasteiger partial charge in [0.2, 0.25) is 11.8 Å². The van der Waals surface area contributed by atoms with Crippen molar-refractivity contribution < 1.29 is 13.9 Å². The van der Waals surface area contributed by atoms with E-state index in [0.29, 0.717) is 37.2 Å². The summed E-state index contributed by atoms with van der Waals surface area (Å²) in [5, 5.41) is 15.2. The van der Waals surface area contributed by atoms with Crippen LogP contribution in [-0.4, -0.2) is 50.7 Å². The molecule has 1 saturated heterocycles. The number of carbonyl (C=O) groups excluding carboxylic acids is 1. The topological polar surface area (TPSA) is 98.3 Å². The highest BCUT2D eigenvalue weighted by atomic mass is 16.5. The minimum atomic E-state index is -0.389. The maximum Gasteiger partial charge on any atom is 0.322 e. The van der Waals surface area contributed by atoms with Crippen LogP contribution in [0.5, 0.6) is 0 Å². The number of aryl methyl sites for hydroxylation is 1. The minimum absolute atomic E-state index is 0.137. The lowest BCUT2D eigenvalue weighted by Crippen LogP contribution is -2.45. The van der Waals surface area contributed by atoms with Crippen molar-refractivity contribution in [2.45, 2.75) is 45.7 Å². The first-order valence-corrected chi connectivity index (χ1v) is 8.59. The van der Waals surface area contributed by atoms with Crippen molar-refractivity contribution in [3.8, 4) is 0 Å². The molecule has 1 atom stereocenters. The van der Waals surface area contributed by atoms with Crippen LogP contribution in [0.25, 0.3) is 0 Å². The first-order chi connectivity index (χ1) is 12.1. The van der Waals surface area contributed by atoms with Crippen molar-refractivity contribution in [1.29, 1.82) is 0 Å². The Morgan fingerprint density at radius 2 is 2.28 bits per heavy atom. The van der Waals surface area contributed by atoms with Crippen molar-refractivity contribution in [2.75, 3.05) is 25.1 Å². The Bertz CT molecular complexity index is 710. The summed E-state index contributed by atoms with van der Waals surface area (Å²) in [4.78, 5) is 14.4. The number of nitrogens with zero attached hydrogens (tertiary/aromatic N) is 5. The molecule has 0 radical (unpaired) electrons.